The number of carbonyl (C=O) groups excluding carboxylic acids is 1. The van der Waals surface area contributed by atoms with Crippen molar-refractivity contribution in [3.05, 3.63) is 70.5 Å². The second kappa shape index (κ2) is 7.26. The zero-order valence-corrected chi connectivity index (χ0v) is 15.6. The van der Waals surface area contributed by atoms with Crippen molar-refractivity contribution < 1.29 is 14.1 Å². The van der Waals surface area contributed by atoms with Crippen molar-refractivity contribution in [1.82, 2.24) is 14.7 Å². The molecule has 0 fully saturated rings. The van der Waals surface area contributed by atoms with E-state index in [0.29, 0.717) is 27.6 Å². The topological polar surface area (TPSA) is 87.2 Å². The molecule has 142 valence electrons. The summed E-state index contributed by atoms with van der Waals surface area (Å²) in [5.74, 6) is 0.505. The highest BCUT2D eigenvalue weighted by Crippen LogP contribution is 2.19. The molecule has 7 nitrogen and oxygen atoms in total. The number of esters is 1. The summed E-state index contributed by atoms with van der Waals surface area (Å²) < 4.78 is 12.2. The summed E-state index contributed by atoms with van der Waals surface area (Å²) in [5, 5.41) is 4.98. The van der Waals surface area contributed by atoms with Gasteiger partial charge in [-0.2, -0.15) is 4.98 Å². The lowest BCUT2D eigenvalue weighted by atomic mass is 10.1. The van der Waals surface area contributed by atoms with Crippen LogP contribution in [0.15, 0.2) is 57.8 Å². The summed E-state index contributed by atoms with van der Waals surface area (Å²) in [6.45, 7) is 3.78. The third-order valence-corrected chi connectivity index (χ3v) is 4.52. The van der Waals surface area contributed by atoms with E-state index in [1.54, 1.807) is 16.7 Å². The van der Waals surface area contributed by atoms with E-state index in [1.807, 2.05) is 50.2 Å². The predicted octanol–water partition coefficient (Wildman–Crippen LogP) is 3.40. The number of ether oxygens (including phenoxy) is 1. The molecule has 4 rings (SSSR count). The number of fused-ring (bicyclic) bond motifs is 2. The monoisotopic (exact) mass is 377 g/mol. The average Bonchev–Trinajstić information content (AvgIpc) is 3.19. The van der Waals surface area contributed by atoms with Gasteiger partial charge in [-0.3, -0.25) is 9.59 Å². The van der Waals surface area contributed by atoms with Crippen LogP contribution in [0.2, 0.25) is 0 Å². The Labute approximate surface area is 160 Å². The lowest BCUT2D eigenvalue weighted by Gasteiger charge is -2.14. The van der Waals surface area contributed by atoms with E-state index in [2.05, 4.69) is 10.1 Å². The Balaban J connectivity index is 1.63. The normalized spacial score (nSPS) is 11.4. The summed E-state index contributed by atoms with van der Waals surface area (Å²) in [7, 11) is 0. The highest BCUT2D eigenvalue weighted by atomic mass is 16.6. The zero-order chi connectivity index (χ0) is 19.7. The first-order chi connectivity index (χ1) is 13.5. The van der Waals surface area contributed by atoms with Gasteiger partial charge in [0.05, 0.1) is 11.0 Å². The average molecular weight is 377 g/mol. The van der Waals surface area contributed by atoms with Gasteiger partial charge in [0.1, 0.15) is 6.54 Å². The summed E-state index contributed by atoms with van der Waals surface area (Å²) in [6, 6.07) is 14.5. The molecular weight excluding hydrogens is 358 g/mol. The van der Waals surface area contributed by atoms with Crippen LogP contribution in [0.3, 0.4) is 0 Å². The Kier molecular flexibility index (Phi) is 4.65. The van der Waals surface area contributed by atoms with Crippen molar-refractivity contribution in [2.45, 2.75) is 32.9 Å². The summed E-state index contributed by atoms with van der Waals surface area (Å²) >= 11 is 0. The van der Waals surface area contributed by atoms with Crippen LogP contribution in [-0.2, 0) is 22.7 Å². The SMILES string of the molecule is CC(C)c1noc(COC(=O)Cn2c3ccccc3c(=O)c3ccccc32)n1. The van der Waals surface area contributed by atoms with E-state index < -0.39 is 5.97 Å². The van der Waals surface area contributed by atoms with E-state index >= 15 is 0 Å². The van der Waals surface area contributed by atoms with Crippen molar-refractivity contribution in [2.75, 3.05) is 0 Å². The third-order valence-electron chi connectivity index (χ3n) is 4.52. The molecule has 2 aromatic carbocycles. The second-order valence-corrected chi connectivity index (χ2v) is 6.81. The molecule has 0 aliphatic rings. The Morgan fingerprint density at radius 2 is 1.68 bits per heavy atom. The Bertz CT molecular complexity index is 1160. The fraction of sp³-hybridized carbons (Fsp3) is 0.238. The molecule has 0 aliphatic heterocycles. The minimum absolute atomic E-state index is 0.0352. The van der Waals surface area contributed by atoms with Crippen LogP contribution in [-0.4, -0.2) is 20.7 Å². The van der Waals surface area contributed by atoms with Gasteiger partial charge in [0.15, 0.2) is 17.9 Å². The highest BCUT2D eigenvalue weighted by molar-refractivity contribution is 5.94. The molecule has 0 amide bonds. The van der Waals surface area contributed by atoms with Crippen LogP contribution in [0, 0.1) is 0 Å². The number of benzene rings is 2. The maximum atomic E-state index is 12.7. The lowest BCUT2D eigenvalue weighted by molar-refractivity contribution is -0.146. The minimum atomic E-state index is -0.455. The maximum absolute atomic E-state index is 12.7. The predicted molar refractivity (Wildman–Crippen MR) is 104 cm³/mol. The smallest absolute Gasteiger partial charge is 0.326 e. The molecule has 2 aromatic heterocycles. The fourth-order valence-corrected chi connectivity index (χ4v) is 3.13. The van der Waals surface area contributed by atoms with Gasteiger partial charge in [-0.25, -0.2) is 0 Å². The molecule has 4 aromatic rings. The van der Waals surface area contributed by atoms with Crippen LogP contribution in [0.4, 0.5) is 0 Å². The third kappa shape index (κ3) is 3.26. The van der Waals surface area contributed by atoms with Crippen molar-refractivity contribution in [1.29, 1.82) is 0 Å². The van der Waals surface area contributed by atoms with Crippen molar-refractivity contribution in [2.24, 2.45) is 0 Å². The molecule has 0 saturated carbocycles. The second-order valence-electron chi connectivity index (χ2n) is 6.81. The molecule has 7 heteroatoms. The number of para-hydroxylation sites is 2. The van der Waals surface area contributed by atoms with Crippen LogP contribution in [0.5, 0.6) is 0 Å². The Morgan fingerprint density at radius 1 is 1.07 bits per heavy atom. The van der Waals surface area contributed by atoms with E-state index in [-0.39, 0.29) is 30.4 Å². The van der Waals surface area contributed by atoms with E-state index in [1.165, 1.54) is 0 Å². The molecule has 0 atom stereocenters. The van der Waals surface area contributed by atoms with Gasteiger partial charge >= 0.3 is 5.97 Å². The highest BCUT2D eigenvalue weighted by Gasteiger charge is 2.15. The maximum Gasteiger partial charge on any atom is 0.326 e. The molecule has 0 spiro atoms. The molecule has 0 radical (unpaired) electrons. The quantitative estimate of drug-likeness (QED) is 0.391. The standard InChI is InChI=1S/C21H19N3O4/c1-13(2)21-22-18(28-23-21)12-27-19(25)11-24-16-9-5-3-7-14(16)20(26)15-8-4-6-10-17(15)24/h3-10,13H,11-12H2,1-2H3. The number of nitrogens with zero attached hydrogens (tertiary/aromatic N) is 3. The van der Waals surface area contributed by atoms with E-state index in [9.17, 15) is 9.59 Å². The lowest BCUT2D eigenvalue weighted by Crippen LogP contribution is -2.18. The molecule has 0 bridgehead atoms. The molecular formula is C21H19N3O4. The molecule has 28 heavy (non-hydrogen) atoms. The van der Waals surface area contributed by atoms with Gasteiger partial charge in [-0.1, -0.05) is 43.3 Å². The van der Waals surface area contributed by atoms with Crippen molar-refractivity contribution in [3.63, 3.8) is 0 Å². The number of carbonyl (C=O) groups is 1. The van der Waals surface area contributed by atoms with Gasteiger partial charge < -0.3 is 13.8 Å². The molecule has 0 N–H and O–H groups in total. The summed E-state index contributed by atoms with van der Waals surface area (Å²) in [4.78, 5) is 29.4. The largest absolute Gasteiger partial charge is 0.454 e. The van der Waals surface area contributed by atoms with Crippen molar-refractivity contribution >= 4 is 27.8 Å². The molecule has 0 saturated heterocycles. The van der Waals surface area contributed by atoms with Crippen LogP contribution in [0.1, 0.15) is 31.5 Å². The molecule has 0 unspecified atom stereocenters. The van der Waals surface area contributed by atoms with E-state index in [4.69, 9.17) is 9.26 Å². The Hall–Kier alpha value is -3.48. The fourth-order valence-electron chi connectivity index (χ4n) is 3.13. The Morgan fingerprint density at radius 3 is 2.25 bits per heavy atom. The molecule has 0 aliphatic carbocycles. The van der Waals surface area contributed by atoms with Gasteiger partial charge in [-0.05, 0) is 24.3 Å². The summed E-state index contributed by atoms with van der Waals surface area (Å²) in [6.07, 6.45) is 0. The number of hydrogen-bond acceptors (Lipinski definition) is 6. The first-order valence-electron chi connectivity index (χ1n) is 9.03. The first-order valence-corrected chi connectivity index (χ1v) is 9.03. The number of pyridine rings is 1. The van der Waals surface area contributed by atoms with Gasteiger partial charge in [0.25, 0.3) is 5.89 Å². The van der Waals surface area contributed by atoms with Gasteiger partial charge in [-0.15, -0.1) is 0 Å². The van der Waals surface area contributed by atoms with Gasteiger partial charge in [0.2, 0.25) is 0 Å². The number of hydrogen-bond donors (Lipinski definition) is 0. The minimum Gasteiger partial charge on any atom is -0.454 e. The van der Waals surface area contributed by atoms with E-state index in [0.717, 1.165) is 0 Å². The summed E-state index contributed by atoms with van der Waals surface area (Å²) in [5.41, 5.74) is 1.31. The molecule has 2 heterocycles. The van der Waals surface area contributed by atoms with Gasteiger partial charge in [0, 0.05) is 16.7 Å². The first kappa shape index (κ1) is 17.9. The van der Waals surface area contributed by atoms with Crippen LogP contribution in [0.25, 0.3) is 21.8 Å². The van der Waals surface area contributed by atoms with Crippen molar-refractivity contribution in [3.8, 4) is 0 Å². The zero-order valence-electron chi connectivity index (χ0n) is 15.6. The van der Waals surface area contributed by atoms with Crippen LogP contribution < -0.4 is 5.43 Å². The number of aromatic nitrogens is 3. The number of rotatable bonds is 5. The van der Waals surface area contributed by atoms with Crippen LogP contribution >= 0.6 is 0 Å².